The van der Waals surface area contributed by atoms with E-state index < -0.39 is 5.92 Å². The highest BCUT2D eigenvalue weighted by Crippen LogP contribution is 2.23. The third-order valence-corrected chi connectivity index (χ3v) is 3.45. The minimum absolute atomic E-state index is 0.217. The van der Waals surface area contributed by atoms with E-state index in [0.717, 1.165) is 4.47 Å². The molecule has 2 aromatic carbocycles. The number of rotatable bonds is 3. The predicted octanol–water partition coefficient (Wildman–Crippen LogP) is 4.59. The zero-order valence-corrected chi connectivity index (χ0v) is 12.1. The van der Waals surface area contributed by atoms with Crippen molar-refractivity contribution in [3.05, 3.63) is 69.2 Å². The van der Waals surface area contributed by atoms with Gasteiger partial charge in [-0.1, -0.05) is 51.8 Å². The van der Waals surface area contributed by atoms with E-state index in [-0.39, 0.29) is 5.78 Å². The van der Waals surface area contributed by atoms with Crippen LogP contribution in [0.3, 0.4) is 0 Å². The molecule has 0 saturated heterocycles. The number of hydrogen-bond donors (Lipinski definition) is 0. The molecule has 0 bridgehead atoms. The maximum atomic E-state index is 12.3. The smallest absolute Gasteiger partial charge is 0.184 e. The largest absolute Gasteiger partial charge is 0.292 e. The molecule has 0 aliphatic carbocycles. The molecule has 0 radical (unpaired) electrons. The molecule has 2 rings (SSSR count). The lowest BCUT2D eigenvalue weighted by Crippen LogP contribution is -2.11. The second kappa shape index (κ2) is 6.01. The first-order chi connectivity index (χ1) is 9.11. The van der Waals surface area contributed by atoms with Gasteiger partial charge in [0.25, 0.3) is 0 Å². The highest BCUT2D eigenvalue weighted by Gasteiger charge is 2.21. The number of carbonyl (C=O) groups is 1. The summed E-state index contributed by atoms with van der Waals surface area (Å²) in [5, 5.41) is 9.81. The van der Waals surface area contributed by atoms with Crippen molar-refractivity contribution in [3.63, 3.8) is 0 Å². The van der Waals surface area contributed by atoms with Gasteiger partial charge in [-0.05, 0) is 29.8 Å². The van der Waals surface area contributed by atoms with Gasteiger partial charge < -0.3 is 0 Å². The molecule has 2 aromatic rings. The summed E-state index contributed by atoms with van der Waals surface area (Å²) in [6, 6.07) is 15.8. The van der Waals surface area contributed by atoms with Gasteiger partial charge in [0.15, 0.2) is 5.78 Å². The Labute approximate surface area is 124 Å². The van der Waals surface area contributed by atoms with Crippen LogP contribution in [0.25, 0.3) is 0 Å². The van der Waals surface area contributed by atoms with Gasteiger partial charge in [0, 0.05) is 15.1 Å². The van der Waals surface area contributed by atoms with Crippen LogP contribution in [0, 0.1) is 11.3 Å². The summed E-state index contributed by atoms with van der Waals surface area (Å²) in [6.07, 6.45) is 0. The Hall–Kier alpha value is -1.63. The van der Waals surface area contributed by atoms with Crippen molar-refractivity contribution in [2.24, 2.45) is 0 Å². The van der Waals surface area contributed by atoms with Crippen molar-refractivity contribution < 1.29 is 4.79 Å². The highest BCUT2D eigenvalue weighted by atomic mass is 79.9. The molecule has 0 N–H and O–H groups in total. The molecule has 0 fully saturated rings. The van der Waals surface area contributed by atoms with E-state index in [2.05, 4.69) is 15.9 Å². The molecule has 2 nitrogen and oxygen atoms in total. The molecule has 0 amide bonds. The van der Waals surface area contributed by atoms with Gasteiger partial charge in [-0.3, -0.25) is 4.79 Å². The molecule has 94 valence electrons. The van der Waals surface area contributed by atoms with E-state index in [9.17, 15) is 10.1 Å². The monoisotopic (exact) mass is 333 g/mol. The summed E-state index contributed by atoms with van der Waals surface area (Å²) in [5.41, 5.74) is 1.16. The molecule has 1 atom stereocenters. The fourth-order valence-electron chi connectivity index (χ4n) is 1.75. The fourth-order valence-corrected chi connectivity index (χ4v) is 2.27. The fraction of sp³-hybridized carbons (Fsp3) is 0.0667. The zero-order chi connectivity index (χ0) is 13.8. The Balaban J connectivity index is 2.35. The topological polar surface area (TPSA) is 40.9 Å². The van der Waals surface area contributed by atoms with Crippen LogP contribution in [0.5, 0.6) is 0 Å². The zero-order valence-electron chi connectivity index (χ0n) is 9.81. The summed E-state index contributed by atoms with van der Waals surface area (Å²) >= 11 is 9.12. The number of nitrogens with zero attached hydrogens (tertiary/aromatic N) is 1. The van der Waals surface area contributed by atoms with E-state index in [1.54, 1.807) is 42.5 Å². The molecular weight excluding hydrogens is 326 g/mol. The Bertz CT molecular complexity index is 646. The summed E-state index contributed by atoms with van der Waals surface area (Å²) in [4.78, 5) is 12.3. The molecule has 0 aliphatic heterocycles. The molecule has 0 heterocycles. The van der Waals surface area contributed by atoms with Crippen molar-refractivity contribution >= 4 is 33.3 Å². The SMILES string of the molecule is N#CC(C(=O)c1cccc(Br)c1)c1ccc(Cl)cc1. The Morgan fingerprint density at radius 1 is 1.21 bits per heavy atom. The molecule has 0 spiro atoms. The third kappa shape index (κ3) is 3.23. The lowest BCUT2D eigenvalue weighted by molar-refractivity contribution is 0.0979. The van der Waals surface area contributed by atoms with Crippen molar-refractivity contribution in [2.45, 2.75) is 5.92 Å². The van der Waals surface area contributed by atoms with Crippen LogP contribution in [0.2, 0.25) is 5.02 Å². The maximum Gasteiger partial charge on any atom is 0.184 e. The van der Waals surface area contributed by atoms with E-state index in [1.807, 2.05) is 12.1 Å². The average molecular weight is 335 g/mol. The van der Waals surface area contributed by atoms with Crippen molar-refractivity contribution in [1.29, 1.82) is 5.26 Å². The Morgan fingerprint density at radius 2 is 1.89 bits per heavy atom. The normalized spacial score (nSPS) is 11.6. The number of Topliss-reactive ketones (excluding diaryl/α,β-unsaturated/α-hetero) is 1. The van der Waals surface area contributed by atoms with Crippen LogP contribution in [0.4, 0.5) is 0 Å². The Morgan fingerprint density at radius 3 is 2.47 bits per heavy atom. The van der Waals surface area contributed by atoms with Crippen LogP contribution in [-0.4, -0.2) is 5.78 Å². The highest BCUT2D eigenvalue weighted by molar-refractivity contribution is 9.10. The molecule has 0 aliphatic rings. The quantitative estimate of drug-likeness (QED) is 0.770. The number of carbonyl (C=O) groups excluding carboxylic acids is 1. The molecule has 19 heavy (non-hydrogen) atoms. The Kier molecular flexibility index (Phi) is 4.36. The first-order valence-corrected chi connectivity index (χ1v) is 6.74. The second-order valence-corrected chi connectivity index (χ2v) is 5.34. The summed E-state index contributed by atoms with van der Waals surface area (Å²) in [5.74, 6) is -1.03. The minimum Gasteiger partial charge on any atom is -0.292 e. The first-order valence-electron chi connectivity index (χ1n) is 5.56. The third-order valence-electron chi connectivity index (χ3n) is 2.70. The molecule has 0 aromatic heterocycles. The lowest BCUT2D eigenvalue weighted by Gasteiger charge is -2.09. The van der Waals surface area contributed by atoms with Gasteiger partial charge in [-0.25, -0.2) is 0 Å². The van der Waals surface area contributed by atoms with Crippen molar-refractivity contribution in [3.8, 4) is 6.07 Å². The first kappa shape index (κ1) is 13.8. The molecule has 0 saturated carbocycles. The summed E-state index contributed by atoms with van der Waals surface area (Å²) < 4.78 is 0.811. The van der Waals surface area contributed by atoms with Crippen LogP contribution in [0.15, 0.2) is 53.0 Å². The summed E-state index contributed by atoms with van der Waals surface area (Å²) in [7, 11) is 0. The number of ketones is 1. The van der Waals surface area contributed by atoms with E-state index in [4.69, 9.17) is 11.6 Å². The van der Waals surface area contributed by atoms with Crippen LogP contribution in [0.1, 0.15) is 21.8 Å². The van der Waals surface area contributed by atoms with Gasteiger partial charge in [0.2, 0.25) is 0 Å². The van der Waals surface area contributed by atoms with Gasteiger partial charge in [-0.15, -0.1) is 0 Å². The number of hydrogen-bond acceptors (Lipinski definition) is 2. The standard InChI is InChI=1S/C15H9BrClNO/c16-12-3-1-2-11(8-12)15(19)14(9-18)10-4-6-13(17)7-5-10/h1-8,14H. The van der Waals surface area contributed by atoms with E-state index in [1.165, 1.54) is 0 Å². The average Bonchev–Trinajstić information content (AvgIpc) is 2.41. The van der Waals surface area contributed by atoms with Crippen LogP contribution < -0.4 is 0 Å². The second-order valence-electron chi connectivity index (χ2n) is 3.99. The van der Waals surface area contributed by atoms with Gasteiger partial charge in [0.05, 0.1) is 6.07 Å². The van der Waals surface area contributed by atoms with E-state index >= 15 is 0 Å². The number of halogens is 2. The minimum atomic E-state index is -0.813. The lowest BCUT2D eigenvalue weighted by atomic mass is 9.92. The molecule has 1 unspecified atom stereocenters. The van der Waals surface area contributed by atoms with Crippen molar-refractivity contribution in [1.82, 2.24) is 0 Å². The van der Waals surface area contributed by atoms with Crippen LogP contribution in [-0.2, 0) is 0 Å². The predicted molar refractivity (Wildman–Crippen MR) is 78.3 cm³/mol. The molecule has 4 heteroatoms. The van der Waals surface area contributed by atoms with Gasteiger partial charge >= 0.3 is 0 Å². The number of benzene rings is 2. The summed E-state index contributed by atoms with van der Waals surface area (Å²) in [6.45, 7) is 0. The number of nitriles is 1. The van der Waals surface area contributed by atoms with E-state index in [0.29, 0.717) is 16.1 Å². The maximum absolute atomic E-state index is 12.3. The van der Waals surface area contributed by atoms with Gasteiger partial charge in [0.1, 0.15) is 5.92 Å². The molecular formula is C15H9BrClNO. The van der Waals surface area contributed by atoms with Crippen molar-refractivity contribution in [2.75, 3.05) is 0 Å². The van der Waals surface area contributed by atoms with Gasteiger partial charge in [-0.2, -0.15) is 5.26 Å². The van der Waals surface area contributed by atoms with Crippen LogP contribution >= 0.6 is 27.5 Å².